The third-order valence-corrected chi connectivity index (χ3v) is 14.6. The van der Waals surface area contributed by atoms with Gasteiger partial charge in [0, 0.05) is 38.2 Å². The molecule has 0 bridgehead atoms. The maximum atomic E-state index is 6.57. The minimum atomic E-state index is -0.384. The summed E-state index contributed by atoms with van der Waals surface area (Å²) in [6.07, 6.45) is 0. The first-order valence-corrected chi connectivity index (χ1v) is 23.4. The lowest BCUT2D eigenvalue weighted by Gasteiger charge is -2.30. The van der Waals surface area contributed by atoms with Crippen LogP contribution < -0.4 is 0 Å². The fraction of sp³-hybridized carbons (Fsp3) is 0.0156. The molecule has 5 heteroatoms. The average molecular weight is 880 g/mol. The van der Waals surface area contributed by atoms with Crippen LogP contribution in [0.3, 0.4) is 0 Å². The van der Waals surface area contributed by atoms with Crippen molar-refractivity contribution in [1.29, 1.82) is 0 Å². The predicted octanol–water partition coefficient (Wildman–Crippen LogP) is 16.3. The van der Waals surface area contributed by atoms with E-state index in [2.05, 4.69) is 152 Å². The number of benzene rings is 10. The molecule has 0 unspecified atom stereocenters. The minimum absolute atomic E-state index is 0.384. The summed E-state index contributed by atoms with van der Waals surface area (Å²) in [6.45, 7) is 0. The van der Waals surface area contributed by atoms with Crippen LogP contribution in [0.5, 0.6) is 0 Å². The van der Waals surface area contributed by atoms with Crippen molar-refractivity contribution in [3.63, 3.8) is 0 Å². The molecule has 0 saturated carbocycles. The molecule has 5 nitrogen and oxygen atoms in total. The van der Waals surface area contributed by atoms with Crippen molar-refractivity contribution in [3.8, 4) is 78.7 Å². The largest absolute Gasteiger partial charge is 0.456 e. The summed E-state index contributed by atoms with van der Waals surface area (Å²) in [6, 6.07) is 79.9. The molecule has 3 aromatic heterocycles. The Morgan fingerprint density at radius 1 is 0.261 bits per heavy atom. The molecule has 0 radical (unpaired) electrons. The maximum absolute atomic E-state index is 6.57. The summed E-state index contributed by atoms with van der Waals surface area (Å²) in [5, 5.41) is 3.94. The Morgan fingerprint density at radius 2 is 0.696 bits per heavy atom. The molecule has 69 heavy (non-hydrogen) atoms. The minimum Gasteiger partial charge on any atom is -0.456 e. The van der Waals surface area contributed by atoms with Gasteiger partial charge in [-0.3, -0.25) is 0 Å². The molecule has 0 saturated heterocycles. The Labute approximate surface area is 396 Å². The number of fused-ring (bicyclic) bond motifs is 16. The van der Waals surface area contributed by atoms with Gasteiger partial charge in [-0.1, -0.05) is 188 Å². The summed E-state index contributed by atoms with van der Waals surface area (Å²) < 4.78 is 12.9. The van der Waals surface area contributed by atoms with E-state index in [1.807, 2.05) is 72.8 Å². The molecule has 0 atom stereocenters. The monoisotopic (exact) mass is 879 g/mol. The number of nitrogens with zero attached hydrogens (tertiary/aromatic N) is 3. The molecule has 15 rings (SSSR count). The van der Waals surface area contributed by atoms with Gasteiger partial charge >= 0.3 is 0 Å². The van der Waals surface area contributed by atoms with E-state index >= 15 is 0 Å². The first kappa shape index (κ1) is 38.0. The molecule has 0 aliphatic heterocycles. The van der Waals surface area contributed by atoms with Crippen molar-refractivity contribution in [2.75, 3.05) is 0 Å². The van der Waals surface area contributed by atoms with Crippen LogP contribution in [-0.2, 0) is 5.41 Å². The highest BCUT2D eigenvalue weighted by Crippen LogP contribution is 2.63. The van der Waals surface area contributed by atoms with Gasteiger partial charge in [0.1, 0.15) is 22.3 Å². The van der Waals surface area contributed by atoms with Gasteiger partial charge in [-0.05, 0) is 103 Å². The van der Waals surface area contributed by atoms with Crippen LogP contribution in [0.1, 0.15) is 22.3 Å². The van der Waals surface area contributed by atoms with Crippen LogP contribution in [-0.4, -0.2) is 15.0 Å². The third kappa shape index (κ3) is 5.44. The SMILES string of the molecule is c1ccc(-c2nc(-c3cccc4oc5ccccc5c34)nc(-c3cccc4oc5ccc(-c6ccc(-c7ccc8c(c7)C7(c9ccccc9-c9ccccc97)c7ccccc7-8)cc6)cc5c34)n2)cc1. The summed E-state index contributed by atoms with van der Waals surface area (Å²) >= 11 is 0. The van der Waals surface area contributed by atoms with Gasteiger partial charge in [0.25, 0.3) is 0 Å². The second-order valence-electron chi connectivity index (χ2n) is 18.2. The van der Waals surface area contributed by atoms with Crippen LogP contribution >= 0.6 is 0 Å². The Morgan fingerprint density at radius 3 is 1.32 bits per heavy atom. The van der Waals surface area contributed by atoms with E-state index in [0.717, 1.165) is 71.7 Å². The number of hydrogen-bond acceptors (Lipinski definition) is 5. The van der Waals surface area contributed by atoms with Crippen LogP contribution in [0.25, 0.3) is 123 Å². The summed E-state index contributed by atoms with van der Waals surface area (Å²) in [7, 11) is 0. The van der Waals surface area contributed by atoms with Crippen LogP contribution in [0.4, 0.5) is 0 Å². The lowest BCUT2D eigenvalue weighted by molar-refractivity contribution is 0.668. The zero-order valence-corrected chi connectivity index (χ0v) is 37.0. The van der Waals surface area contributed by atoms with Crippen molar-refractivity contribution in [2.45, 2.75) is 5.41 Å². The first-order valence-electron chi connectivity index (χ1n) is 23.4. The lowest BCUT2D eigenvalue weighted by atomic mass is 9.70. The maximum Gasteiger partial charge on any atom is 0.164 e. The van der Waals surface area contributed by atoms with E-state index in [4.69, 9.17) is 23.8 Å². The van der Waals surface area contributed by atoms with E-state index in [1.165, 1.54) is 55.6 Å². The molecule has 1 spiro atoms. The molecule has 10 aromatic carbocycles. The highest BCUT2D eigenvalue weighted by Gasteiger charge is 2.51. The molecule has 0 fully saturated rings. The van der Waals surface area contributed by atoms with Gasteiger partial charge in [-0.2, -0.15) is 0 Å². The molecule has 2 aliphatic rings. The Hall–Kier alpha value is -9.19. The smallest absolute Gasteiger partial charge is 0.164 e. The molecule has 0 N–H and O–H groups in total. The molecule has 0 amide bonds. The van der Waals surface area contributed by atoms with Crippen molar-refractivity contribution in [2.24, 2.45) is 0 Å². The van der Waals surface area contributed by atoms with Crippen molar-refractivity contribution < 1.29 is 8.83 Å². The highest BCUT2D eigenvalue weighted by atomic mass is 16.3. The summed E-state index contributed by atoms with van der Waals surface area (Å²) in [4.78, 5) is 15.6. The second-order valence-corrected chi connectivity index (χ2v) is 18.2. The van der Waals surface area contributed by atoms with Gasteiger partial charge in [0.15, 0.2) is 17.5 Å². The summed E-state index contributed by atoms with van der Waals surface area (Å²) in [5.41, 5.74) is 20.6. The highest BCUT2D eigenvalue weighted by molar-refractivity contribution is 6.14. The van der Waals surface area contributed by atoms with E-state index in [-0.39, 0.29) is 5.41 Å². The normalized spacial score (nSPS) is 13.0. The van der Waals surface area contributed by atoms with Gasteiger partial charge in [-0.25, -0.2) is 15.0 Å². The number of rotatable bonds is 5. The Balaban J connectivity index is 0.844. The first-order chi connectivity index (χ1) is 34.2. The Kier molecular flexibility index (Phi) is 7.93. The van der Waals surface area contributed by atoms with Gasteiger partial charge in [0.05, 0.1) is 5.41 Å². The van der Waals surface area contributed by atoms with Crippen LogP contribution in [0.15, 0.2) is 233 Å². The zero-order valence-electron chi connectivity index (χ0n) is 37.0. The van der Waals surface area contributed by atoms with E-state index in [9.17, 15) is 0 Å². The molecule has 2 aliphatic carbocycles. The van der Waals surface area contributed by atoms with Gasteiger partial charge < -0.3 is 8.83 Å². The number of hydrogen-bond donors (Lipinski definition) is 0. The standard InChI is InChI=1S/C64H37N3O2/c1-2-14-40(15-3-1)61-65-62(48-20-12-26-57-59(48)47-19-7-11-25-55(47)68-57)67-63(66-61)49-21-13-27-58-60(49)50-36-41(33-35-56(50)69-58)38-28-30-39(31-29-38)42-32-34-46-45-18-6-10-24-53(45)64(54(46)37-42)51-22-8-4-16-43(51)44-17-5-9-23-52(44)64/h1-37H. The molecular formula is C64H37N3O2. The van der Waals surface area contributed by atoms with E-state index in [0.29, 0.717) is 17.5 Å². The average Bonchev–Trinajstić information content (AvgIpc) is 4.16. The van der Waals surface area contributed by atoms with Crippen molar-refractivity contribution in [1.82, 2.24) is 15.0 Å². The zero-order chi connectivity index (χ0) is 45.2. The quantitative estimate of drug-likeness (QED) is 0.172. The van der Waals surface area contributed by atoms with Gasteiger partial charge in [-0.15, -0.1) is 0 Å². The van der Waals surface area contributed by atoms with E-state index in [1.54, 1.807) is 0 Å². The number of aromatic nitrogens is 3. The fourth-order valence-electron chi connectivity index (χ4n) is 11.6. The van der Waals surface area contributed by atoms with Crippen LogP contribution in [0.2, 0.25) is 0 Å². The number of para-hydroxylation sites is 1. The van der Waals surface area contributed by atoms with Crippen molar-refractivity contribution >= 4 is 43.9 Å². The van der Waals surface area contributed by atoms with Crippen molar-refractivity contribution in [3.05, 3.63) is 247 Å². The third-order valence-electron chi connectivity index (χ3n) is 14.6. The molecule has 3 heterocycles. The van der Waals surface area contributed by atoms with Gasteiger partial charge in [0.2, 0.25) is 0 Å². The number of furan rings is 2. The predicted molar refractivity (Wildman–Crippen MR) is 278 cm³/mol. The summed E-state index contributed by atoms with van der Waals surface area (Å²) in [5.74, 6) is 1.73. The molecule has 320 valence electrons. The van der Waals surface area contributed by atoms with E-state index < -0.39 is 0 Å². The topological polar surface area (TPSA) is 65.0 Å². The Bertz CT molecular complexity index is 4200. The lowest BCUT2D eigenvalue weighted by Crippen LogP contribution is -2.25. The van der Waals surface area contributed by atoms with Crippen LogP contribution in [0, 0.1) is 0 Å². The molecular weight excluding hydrogens is 843 g/mol. The fourth-order valence-corrected chi connectivity index (χ4v) is 11.6. The molecule has 13 aromatic rings. The second kappa shape index (κ2) is 14.4.